The molecule has 3 rings (SSSR count). The van der Waals surface area contributed by atoms with Crippen LogP contribution in [0.2, 0.25) is 0 Å². The number of carbonyl (C=O) groups is 1. The van der Waals surface area contributed by atoms with Gasteiger partial charge in [-0.15, -0.1) is 0 Å². The Labute approximate surface area is 164 Å². The smallest absolute Gasteiger partial charge is 0.264 e. The van der Waals surface area contributed by atoms with Gasteiger partial charge in [-0.05, 0) is 48.9 Å². The number of carbonyl (C=O) groups excluding carboxylic acids is 1. The van der Waals surface area contributed by atoms with Gasteiger partial charge in [0.1, 0.15) is 0 Å². The van der Waals surface area contributed by atoms with Crippen LogP contribution in [0.4, 0.5) is 5.69 Å². The van der Waals surface area contributed by atoms with Gasteiger partial charge in [-0.2, -0.15) is 0 Å². The van der Waals surface area contributed by atoms with Crippen molar-refractivity contribution in [1.82, 2.24) is 9.04 Å². The lowest BCUT2D eigenvalue weighted by Crippen LogP contribution is -2.26. The highest BCUT2D eigenvalue weighted by Gasteiger charge is 2.22. The van der Waals surface area contributed by atoms with E-state index < -0.39 is 10.0 Å². The van der Waals surface area contributed by atoms with Gasteiger partial charge < -0.3 is 9.88 Å². The average Bonchev–Trinajstić information content (AvgIpc) is 3.09. The molecule has 0 spiro atoms. The molecule has 0 saturated heterocycles. The molecule has 1 N–H and O–H groups in total. The summed E-state index contributed by atoms with van der Waals surface area (Å²) >= 11 is 0. The number of fused-ring (bicyclic) bond motifs is 1. The second-order valence-electron chi connectivity index (χ2n) is 6.36. The average molecular weight is 401 g/mol. The molecule has 0 atom stereocenters. The molecule has 0 aliphatic heterocycles. The van der Waals surface area contributed by atoms with Crippen LogP contribution in [0.25, 0.3) is 10.9 Å². The third-order valence-corrected chi connectivity index (χ3v) is 6.16. The number of aromatic nitrogens is 1. The summed E-state index contributed by atoms with van der Waals surface area (Å²) in [6, 6.07) is 13.6. The zero-order chi connectivity index (χ0) is 20.3. The standard InChI is InChI=1S/C20H23N3O4S/c1-4-11-23-12-10-15-13-17(8-9-19(15)23)21-20(24)16-6-5-7-18(14-16)28(25,26)22(2)27-3/h5-10,12-14H,4,11H2,1-3H3,(H,21,24). The van der Waals surface area contributed by atoms with Gasteiger partial charge in [-0.3, -0.25) is 9.63 Å². The Kier molecular flexibility index (Phi) is 5.83. The first kappa shape index (κ1) is 20.1. The molecule has 0 fully saturated rings. The minimum atomic E-state index is -3.82. The van der Waals surface area contributed by atoms with Gasteiger partial charge in [-0.25, -0.2) is 8.42 Å². The highest BCUT2D eigenvalue weighted by atomic mass is 32.2. The van der Waals surface area contributed by atoms with Crippen molar-refractivity contribution < 1.29 is 18.0 Å². The summed E-state index contributed by atoms with van der Waals surface area (Å²) in [5, 5.41) is 3.86. The normalized spacial score (nSPS) is 11.9. The number of anilines is 1. The molecule has 3 aromatic rings. The Balaban J connectivity index is 1.83. The van der Waals surface area contributed by atoms with Crippen LogP contribution in [0, 0.1) is 0 Å². The van der Waals surface area contributed by atoms with Crippen molar-refractivity contribution in [3.63, 3.8) is 0 Å². The van der Waals surface area contributed by atoms with Crippen LogP contribution in [0.3, 0.4) is 0 Å². The number of sulfonamides is 1. The predicted molar refractivity (Wildman–Crippen MR) is 109 cm³/mol. The number of amides is 1. The maximum absolute atomic E-state index is 12.6. The van der Waals surface area contributed by atoms with Crippen LogP contribution in [0.5, 0.6) is 0 Å². The topological polar surface area (TPSA) is 80.6 Å². The molecule has 0 unspecified atom stereocenters. The summed E-state index contributed by atoms with van der Waals surface area (Å²) < 4.78 is 27.6. The second kappa shape index (κ2) is 8.14. The molecule has 1 amide bonds. The quantitative estimate of drug-likeness (QED) is 0.615. The first-order chi connectivity index (χ1) is 13.4. The third kappa shape index (κ3) is 3.94. The summed E-state index contributed by atoms with van der Waals surface area (Å²) in [5.74, 6) is -0.385. The Bertz CT molecular complexity index is 1110. The van der Waals surface area contributed by atoms with E-state index in [4.69, 9.17) is 4.84 Å². The Morgan fingerprint density at radius 1 is 1.18 bits per heavy atom. The van der Waals surface area contributed by atoms with Crippen molar-refractivity contribution >= 4 is 32.5 Å². The van der Waals surface area contributed by atoms with Crippen molar-refractivity contribution in [3.05, 3.63) is 60.3 Å². The molecule has 0 bridgehead atoms. The molecule has 2 aromatic carbocycles. The number of hydroxylamine groups is 1. The Hall–Kier alpha value is -2.68. The molecule has 7 nitrogen and oxygen atoms in total. The zero-order valence-electron chi connectivity index (χ0n) is 16.0. The molecular formula is C20H23N3O4S. The largest absolute Gasteiger partial charge is 0.347 e. The zero-order valence-corrected chi connectivity index (χ0v) is 16.9. The van der Waals surface area contributed by atoms with Crippen molar-refractivity contribution in [1.29, 1.82) is 0 Å². The van der Waals surface area contributed by atoms with E-state index in [-0.39, 0.29) is 16.4 Å². The minimum Gasteiger partial charge on any atom is -0.347 e. The third-order valence-electron chi connectivity index (χ3n) is 4.48. The van der Waals surface area contributed by atoms with Crippen molar-refractivity contribution in [2.24, 2.45) is 0 Å². The van der Waals surface area contributed by atoms with Gasteiger partial charge in [0.2, 0.25) is 0 Å². The Morgan fingerprint density at radius 2 is 1.96 bits per heavy atom. The van der Waals surface area contributed by atoms with Crippen LogP contribution < -0.4 is 5.32 Å². The van der Waals surface area contributed by atoms with Crippen molar-refractivity contribution in [2.75, 3.05) is 19.5 Å². The summed E-state index contributed by atoms with van der Waals surface area (Å²) in [7, 11) is -1.27. The first-order valence-corrected chi connectivity index (χ1v) is 10.3. The lowest BCUT2D eigenvalue weighted by Gasteiger charge is -2.14. The van der Waals surface area contributed by atoms with Gasteiger partial charge >= 0.3 is 0 Å². The number of nitrogens with one attached hydrogen (secondary N) is 1. The lowest BCUT2D eigenvalue weighted by molar-refractivity contribution is -0.0258. The van der Waals surface area contributed by atoms with E-state index in [1.54, 1.807) is 6.07 Å². The lowest BCUT2D eigenvalue weighted by atomic mass is 10.2. The molecule has 28 heavy (non-hydrogen) atoms. The highest BCUT2D eigenvalue weighted by molar-refractivity contribution is 7.89. The SMILES string of the molecule is CCCn1ccc2cc(NC(=O)c3cccc(S(=O)(=O)N(C)OC)c3)ccc21. The molecule has 0 saturated carbocycles. The van der Waals surface area contributed by atoms with E-state index in [1.165, 1.54) is 32.4 Å². The summed E-state index contributed by atoms with van der Waals surface area (Å²) in [6.07, 6.45) is 3.07. The van der Waals surface area contributed by atoms with E-state index in [2.05, 4.69) is 16.8 Å². The van der Waals surface area contributed by atoms with Gasteiger partial charge in [0.25, 0.3) is 15.9 Å². The van der Waals surface area contributed by atoms with Crippen LogP contribution in [0.15, 0.2) is 59.6 Å². The molecule has 0 radical (unpaired) electrons. The number of nitrogens with zero attached hydrogens (tertiary/aromatic N) is 2. The fourth-order valence-electron chi connectivity index (χ4n) is 2.96. The van der Waals surface area contributed by atoms with Crippen LogP contribution in [0.1, 0.15) is 23.7 Å². The fourth-order valence-corrected chi connectivity index (χ4v) is 3.98. The monoisotopic (exact) mass is 401 g/mol. The van der Waals surface area contributed by atoms with E-state index >= 15 is 0 Å². The van der Waals surface area contributed by atoms with E-state index in [0.717, 1.165) is 28.3 Å². The van der Waals surface area contributed by atoms with Gasteiger partial charge in [0, 0.05) is 41.9 Å². The van der Waals surface area contributed by atoms with Gasteiger partial charge in [0.15, 0.2) is 0 Å². The van der Waals surface area contributed by atoms with Gasteiger partial charge in [0.05, 0.1) is 12.0 Å². The molecule has 148 valence electrons. The number of rotatable bonds is 7. The molecule has 1 heterocycles. The molecule has 1 aromatic heterocycles. The molecule has 0 aliphatic carbocycles. The number of aryl methyl sites for hydroxylation is 1. The van der Waals surface area contributed by atoms with Crippen molar-refractivity contribution in [3.8, 4) is 0 Å². The Morgan fingerprint density at radius 3 is 2.68 bits per heavy atom. The molecule has 8 heteroatoms. The summed E-state index contributed by atoms with van der Waals surface area (Å²) in [5.41, 5.74) is 2.00. The second-order valence-corrected chi connectivity index (χ2v) is 8.30. The number of hydrogen-bond acceptors (Lipinski definition) is 4. The first-order valence-electron chi connectivity index (χ1n) is 8.90. The van der Waals surface area contributed by atoms with Crippen LogP contribution in [-0.2, 0) is 21.4 Å². The van der Waals surface area contributed by atoms with E-state index in [9.17, 15) is 13.2 Å². The fraction of sp³-hybridized carbons (Fsp3) is 0.250. The van der Waals surface area contributed by atoms with Crippen LogP contribution in [-0.4, -0.2) is 37.5 Å². The number of hydrogen-bond donors (Lipinski definition) is 1. The van der Waals surface area contributed by atoms with E-state index in [1.807, 2.05) is 30.5 Å². The van der Waals surface area contributed by atoms with E-state index in [0.29, 0.717) is 5.69 Å². The van der Waals surface area contributed by atoms with Gasteiger partial charge in [-0.1, -0.05) is 17.5 Å². The number of benzene rings is 2. The maximum Gasteiger partial charge on any atom is 0.264 e. The summed E-state index contributed by atoms with van der Waals surface area (Å²) in [4.78, 5) is 17.4. The molecule has 0 aliphatic rings. The summed E-state index contributed by atoms with van der Waals surface area (Å²) in [6.45, 7) is 3.06. The predicted octanol–water partition coefficient (Wildman–Crippen LogP) is 3.49. The van der Waals surface area contributed by atoms with Crippen molar-refractivity contribution in [2.45, 2.75) is 24.8 Å². The highest BCUT2D eigenvalue weighted by Crippen LogP contribution is 2.22. The van der Waals surface area contributed by atoms with Crippen LogP contribution >= 0.6 is 0 Å². The molecular weight excluding hydrogens is 378 g/mol. The minimum absolute atomic E-state index is 0.0170. The maximum atomic E-state index is 12.6.